The molecule has 0 unspecified atom stereocenters. The normalized spacial score (nSPS) is 11.0. The number of aromatic nitrogens is 2. The first kappa shape index (κ1) is 13.9. The van der Waals surface area contributed by atoms with Gasteiger partial charge in [-0.05, 0) is 13.0 Å². The molecule has 1 aromatic carbocycles. The molecule has 7 heteroatoms. The van der Waals surface area contributed by atoms with Gasteiger partial charge in [-0.3, -0.25) is 10.1 Å². The van der Waals surface area contributed by atoms with Gasteiger partial charge in [0.1, 0.15) is 0 Å². The Morgan fingerprint density at radius 3 is 2.71 bits per heavy atom. The van der Waals surface area contributed by atoms with Crippen LogP contribution in [0.25, 0.3) is 16.9 Å². The number of rotatable bonds is 2. The number of imidazole rings is 1. The van der Waals surface area contributed by atoms with Gasteiger partial charge in [-0.1, -0.05) is 35.3 Å². The highest BCUT2D eigenvalue weighted by Gasteiger charge is 2.14. The lowest BCUT2D eigenvalue weighted by molar-refractivity contribution is -0.385. The van der Waals surface area contributed by atoms with Crippen LogP contribution in [-0.4, -0.2) is 14.3 Å². The molecule has 3 aromatic rings. The molecule has 2 aromatic heterocycles. The van der Waals surface area contributed by atoms with Gasteiger partial charge in [-0.2, -0.15) is 0 Å². The molecule has 0 amide bonds. The molecule has 2 heterocycles. The monoisotopic (exact) mass is 321 g/mol. The SMILES string of the molecule is Cc1ccc(-c2cn3cc(Cl)cc(Cl)c3n2)cc1[N+](=O)[O-]. The molecule has 0 atom stereocenters. The van der Waals surface area contributed by atoms with Crippen molar-refractivity contribution in [3.05, 3.63) is 62.4 Å². The van der Waals surface area contributed by atoms with Crippen LogP contribution in [0.2, 0.25) is 10.0 Å². The Morgan fingerprint density at radius 2 is 2.00 bits per heavy atom. The molecule has 0 aliphatic heterocycles. The van der Waals surface area contributed by atoms with Gasteiger partial charge in [0.2, 0.25) is 0 Å². The van der Waals surface area contributed by atoms with Gasteiger partial charge in [-0.25, -0.2) is 4.98 Å². The fraction of sp³-hybridized carbons (Fsp3) is 0.0714. The number of aryl methyl sites for hydroxylation is 1. The molecule has 0 aliphatic rings. The van der Waals surface area contributed by atoms with Crippen LogP contribution in [0.15, 0.2) is 36.7 Å². The lowest BCUT2D eigenvalue weighted by Crippen LogP contribution is -1.92. The quantitative estimate of drug-likeness (QED) is 0.514. The Morgan fingerprint density at radius 1 is 1.24 bits per heavy atom. The van der Waals surface area contributed by atoms with Gasteiger partial charge in [0.25, 0.3) is 5.69 Å². The molecule has 0 spiro atoms. The largest absolute Gasteiger partial charge is 0.304 e. The number of benzene rings is 1. The maximum absolute atomic E-state index is 11.0. The van der Waals surface area contributed by atoms with Crippen LogP contribution < -0.4 is 0 Å². The Kier molecular flexibility index (Phi) is 3.31. The molecule has 5 nitrogen and oxygen atoms in total. The standard InChI is InChI=1S/C14H9Cl2N3O2/c1-8-2-3-9(4-13(8)19(20)21)12-7-18-6-10(15)5-11(16)14(18)17-12/h2-7H,1H3. The van der Waals surface area contributed by atoms with Crippen molar-refractivity contribution in [1.29, 1.82) is 0 Å². The van der Waals surface area contributed by atoms with E-state index in [-0.39, 0.29) is 5.69 Å². The predicted octanol–water partition coefficient (Wildman–Crippen LogP) is 4.52. The third kappa shape index (κ3) is 2.46. The number of halogens is 2. The van der Waals surface area contributed by atoms with Crippen molar-refractivity contribution in [2.24, 2.45) is 0 Å². The first-order valence-corrected chi connectivity index (χ1v) is 6.80. The summed E-state index contributed by atoms with van der Waals surface area (Å²) >= 11 is 12.0. The van der Waals surface area contributed by atoms with E-state index in [0.717, 1.165) is 0 Å². The van der Waals surface area contributed by atoms with Gasteiger partial charge in [0.15, 0.2) is 5.65 Å². The highest BCUT2D eigenvalue weighted by Crippen LogP contribution is 2.29. The van der Waals surface area contributed by atoms with Gasteiger partial charge < -0.3 is 4.40 Å². The zero-order valence-electron chi connectivity index (χ0n) is 10.9. The first-order chi connectivity index (χ1) is 9.95. The molecule has 0 bridgehead atoms. The summed E-state index contributed by atoms with van der Waals surface area (Å²) < 4.78 is 1.70. The van der Waals surface area contributed by atoms with Crippen molar-refractivity contribution in [3.63, 3.8) is 0 Å². The zero-order chi connectivity index (χ0) is 15.1. The fourth-order valence-electron chi connectivity index (χ4n) is 2.13. The first-order valence-electron chi connectivity index (χ1n) is 6.05. The highest BCUT2D eigenvalue weighted by atomic mass is 35.5. The molecular weight excluding hydrogens is 313 g/mol. The van der Waals surface area contributed by atoms with Crippen molar-refractivity contribution in [3.8, 4) is 11.3 Å². The predicted molar refractivity (Wildman–Crippen MR) is 82.0 cm³/mol. The summed E-state index contributed by atoms with van der Waals surface area (Å²) in [6.45, 7) is 1.70. The van der Waals surface area contributed by atoms with E-state index >= 15 is 0 Å². The number of nitro groups is 1. The molecular formula is C14H9Cl2N3O2. The van der Waals surface area contributed by atoms with E-state index in [4.69, 9.17) is 23.2 Å². The number of hydrogen-bond acceptors (Lipinski definition) is 3. The van der Waals surface area contributed by atoms with E-state index in [1.165, 1.54) is 6.07 Å². The minimum Gasteiger partial charge on any atom is -0.304 e. The van der Waals surface area contributed by atoms with Crippen LogP contribution in [0.5, 0.6) is 0 Å². The van der Waals surface area contributed by atoms with E-state index in [1.54, 1.807) is 41.9 Å². The number of hydrogen-bond donors (Lipinski definition) is 0. The van der Waals surface area contributed by atoms with Crippen molar-refractivity contribution in [2.45, 2.75) is 6.92 Å². The molecule has 0 saturated heterocycles. The van der Waals surface area contributed by atoms with Crippen LogP contribution >= 0.6 is 23.2 Å². The zero-order valence-corrected chi connectivity index (χ0v) is 12.4. The molecule has 3 rings (SSSR count). The van der Waals surface area contributed by atoms with Crippen LogP contribution in [-0.2, 0) is 0 Å². The van der Waals surface area contributed by atoms with Gasteiger partial charge >= 0.3 is 0 Å². The summed E-state index contributed by atoms with van der Waals surface area (Å²) in [6, 6.07) is 6.60. The average molecular weight is 322 g/mol. The third-order valence-corrected chi connectivity index (χ3v) is 3.66. The van der Waals surface area contributed by atoms with E-state index in [1.807, 2.05) is 0 Å². The summed E-state index contributed by atoms with van der Waals surface area (Å²) in [4.78, 5) is 15.0. The molecule has 21 heavy (non-hydrogen) atoms. The number of nitro benzene ring substituents is 1. The molecule has 0 fully saturated rings. The van der Waals surface area contributed by atoms with Crippen molar-refractivity contribution >= 4 is 34.5 Å². The smallest absolute Gasteiger partial charge is 0.272 e. The maximum atomic E-state index is 11.0. The second kappa shape index (κ2) is 5.02. The number of pyridine rings is 1. The topological polar surface area (TPSA) is 60.4 Å². The van der Waals surface area contributed by atoms with Crippen LogP contribution in [0.1, 0.15) is 5.56 Å². The lowest BCUT2D eigenvalue weighted by Gasteiger charge is -1.99. The van der Waals surface area contributed by atoms with Crippen molar-refractivity contribution in [1.82, 2.24) is 9.38 Å². The van der Waals surface area contributed by atoms with Gasteiger partial charge in [0, 0.05) is 29.6 Å². The van der Waals surface area contributed by atoms with E-state index in [2.05, 4.69) is 4.98 Å². The Hall–Kier alpha value is -2.11. The molecule has 0 radical (unpaired) electrons. The summed E-state index contributed by atoms with van der Waals surface area (Å²) in [7, 11) is 0. The van der Waals surface area contributed by atoms with Crippen LogP contribution in [0, 0.1) is 17.0 Å². The number of nitrogens with zero attached hydrogens (tertiary/aromatic N) is 3. The summed E-state index contributed by atoms with van der Waals surface area (Å²) in [5, 5.41) is 11.9. The Balaban J connectivity index is 2.19. The Bertz CT molecular complexity index is 874. The summed E-state index contributed by atoms with van der Waals surface area (Å²) in [6.07, 6.45) is 3.42. The lowest BCUT2D eigenvalue weighted by atomic mass is 10.1. The van der Waals surface area contributed by atoms with E-state index < -0.39 is 4.92 Å². The average Bonchev–Trinajstić information content (AvgIpc) is 2.83. The van der Waals surface area contributed by atoms with Crippen LogP contribution in [0.3, 0.4) is 0 Å². The minimum absolute atomic E-state index is 0.0636. The van der Waals surface area contributed by atoms with Crippen molar-refractivity contribution < 1.29 is 4.92 Å². The molecule has 0 aliphatic carbocycles. The maximum Gasteiger partial charge on any atom is 0.272 e. The van der Waals surface area contributed by atoms with Gasteiger partial charge in [0.05, 0.1) is 20.7 Å². The Labute approximate surface area is 129 Å². The molecule has 0 N–H and O–H groups in total. The van der Waals surface area contributed by atoms with Crippen LogP contribution in [0.4, 0.5) is 5.69 Å². The molecule has 106 valence electrons. The fourth-order valence-corrected chi connectivity index (χ4v) is 2.66. The summed E-state index contributed by atoms with van der Waals surface area (Å²) in [5.74, 6) is 0. The minimum atomic E-state index is -0.404. The third-order valence-electron chi connectivity index (χ3n) is 3.17. The molecule has 0 saturated carbocycles. The van der Waals surface area contributed by atoms with Crippen molar-refractivity contribution in [2.75, 3.05) is 0 Å². The number of fused-ring (bicyclic) bond motifs is 1. The summed E-state index contributed by atoms with van der Waals surface area (Å²) in [5.41, 5.74) is 2.48. The van der Waals surface area contributed by atoms with E-state index in [9.17, 15) is 10.1 Å². The second-order valence-electron chi connectivity index (χ2n) is 4.62. The highest BCUT2D eigenvalue weighted by molar-refractivity contribution is 6.36. The van der Waals surface area contributed by atoms with E-state index in [0.29, 0.717) is 32.5 Å². The van der Waals surface area contributed by atoms with Gasteiger partial charge in [-0.15, -0.1) is 0 Å². The second-order valence-corrected chi connectivity index (χ2v) is 5.47.